The number of benzene rings is 1. The largest absolute Gasteiger partial charge is 0.322 e. The number of nitriles is 1. The first kappa shape index (κ1) is 14.1. The first-order valence-electron chi connectivity index (χ1n) is 5.98. The Hall–Kier alpha value is -2.32. The van der Waals surface area contributed by atoms with E-state index in [0.717, 1.165) is 0 Å². The number of hydrogen-bond acceptors (Lipinski definition) is 4. The van der Waals surface area contributed by atoms with Crippen molar-refractivity contribution in [1.82, 2.24) is 4.98 Å². The second kappa shape index (κ2) is 6.22. The maximum absolute atomic E-state index is 12.2. The van der Waals surface area contributed by atoms with Gasteiger partial charge in [0.05, 0.1) is 16.8 Å². The molecular weight excluding hydrogens is 270 g/mol. The molecule has 1 aromatic heterocycles. The van der Waals surface area contributed by atoms with Crippen LogP contribution in [0.1, 0.15) is 21.6 Å². The lowest BCUT2D eigenvalue weighted by molar-refractivity contribution is 0.102. The van der Waals surface area contributed by atoms with Crippen LogP contribution in [0.5, 0.6) is 0 Å². The molecule has 2 aromatic rings. The van der Waals surface area contributed by atoms with Crippen molar-refractivity contribution in [3.8, 4) is 6.07 Å². The van der Waals surface area contributed by atoms with Crippen LogP contribution in [0.3, 0.4) is 0 Å². The molecule has 0 atom stereocenters. The fraction of sp³-hybridized carbons (Fsp3) is 0.133. The lowest BCUT2D eigenvalue weighted by Crippen LogP contribution is -2.14. The van der Waals surface area contributed by atoms with Gasteiger partial charge in [0.25, 0.3) is 5.91 Å². The summed E-state index contributed by atoms with van der Waals surface area (Å²) in [4.78, 5) is 16.5. The second-order valence-corrected chi connectivity index (χ2v) is 4.91. The topological polar surface area (TPSA) is 65.8 Å². The number of aryl methyl sites for hydroxylation is 1. The molecule has 1 aromatic carbocycles. The first-order valence-corrected chi connectivity index (χ1v) is 7.20. The Bertz CT molecular complexity index is 678. The number of pyridine rings is 1. The SMILES string of the molecule is CSc1nc(C)c(C(=O)Nc2ccccc2)cc1C#N. The third kappa shape index (κ3) is 2.98. The summed E-state index contributed by atoms with van der Waals surface area (Å²) in [6.07, 6.45) is 1.85. The van der Waals surface area contributed by atoms with Crippen LogP contribution in [0.25, 0.3) is 0 Å². The zero-order valence-electron chi connectivity index (χ0n) is 11.2. The van der Waals surface area contributed by atoms with Crippen molar-refractivity contribution in [2.75, 3.05) is 11.6 Å². The Balaban J connectivity index is 2.33. The highest BCUT2D eigenvalue weighted by Crippen LogP contribution is 2.21. The predicted molar refractivity (Wildman–Crippen MR) is 79.9 cm³/mol. The Morgan fingerprint density at radius 3 is 2.65 bits per heavy atom. The molecule has 0 saturated carbocycles. The molecule has 5 heteroatoms. The van der Waals surface area contributed by atoms with E-state index in [2.05, 4.69) is 16.4 Å². The Morgan fingerprint density at radius 1 is 1.35 bits per heavy atom. The Kier molecular flexibility index (Phi) is 4.38. The van der Waals surface area contributed by atoms with Gasteiger partial charge < -0.3 is 5.32 Å². The molecule has 0 aliphatic carbocycles. The molecule has 2 rings (SSSR count). The van der Waals surface area contributed by atoms with Crippen molar-refractivity contribution in [2.24, 2.45) is 0 Å². The minimum Gasteiger partial charge on any atom is -0.322 e. The van der Waals surface area contributed by atoms with Gasteiger partial charge >= 0.3 is 0 Å². The summed E-state index contributed by atoms with van der Waals surface area (Å²) < 4.78 is 0. The lowest BCUT2D eigenvalue weighted by Gasteiger charge is -2.09. The molecule has 0 fully saturated rings. The number of hydrogen-bond donors (Lipinski definition) is 1. The number of thioether (sulfide) groups is 1. The molecule has 1 heterocycles. The highest BCUT2D eigenvalue weighted by molar-refractivity contribution is 7.98. The van der Waals surface area contributed by atoms with Gasteiger partial charge in [0, 0.05) is 5.69 Å². The number of carbonyl (C=O) groups is 1. The third-order valence-corrected chi connectivity index (χ3v) is 3.47. The molecule has 0 aliphatic heterocycles. The number of rotatable bonds is 3. The summed E-state index contributed by atoms with van der Waals surface area (Å²) in [5, 5.41) is 12.5. The van der Waals surface area contributed by atoms with Gasteiger partial charge in [0.2, 0.25) is 0 Å². The number of nitrogens with zero attached hydrogens (tertiary/aromatic N) is 2. The van der Waals surface area contributed by atoms with E-state index in [9.17, 15) is 4.79 Å². The maximum Gasteiger partial charge on any atom is 0.257 e. The molecular formula is C15H13N3OS. The van der Waals surface area contributed by atoms with E-state index in [-0.39, 0.29) is 5.91 Å². The van der Waals surface area contributed by atoms with Gasteiger partial charge in [0.15, 0.2) is 0 Å². The predicted octanol–water partition coefficient (Wildman–Crippen LogP) is 3.24. The average molecular weight is 283 g/mol. The number of amides is 1. The van der Waals surface area contributed by atoms with E-state index in [1.807, 2.05) is 36.6 Å². The number of aromatic nitrogens is 1. The van der Waals surface area contributed by atoms with E-state index in [1.165, 1.54) is 11.8 Å². The maximum atomic E-state index is 12.2. The highest BCUT2D eigenvalue weighted by Gasteiger charge is 2.14. The standard InChI is InChI=1S/C15H13N3OS/c1-10-13(8-11(9-16)15(17-10)20-2)14(19)18-12-6-4-3-5-7-12/h3-8H,1-2H3,(H,18,19). The van der Waals surface area contributed by atoms with Gasteiger partial charge in [0.1, 0.15) is 11.1 Å². The Labute approximate surface area is 121 Å². The van der Waals surface area contributed by atoms with Crippen LogP contribution in [-0.2, 0) is 0 Å². The van der Waals surface area contributed by atoms with Crippen LogP contribution in [-0.4, -0.2) is 17.1 Å². The fourth-order valence-electron chi connectivity index (χ4n) is 1.77. The zero-order chi connectivity index (χ0) is 14.5. The molecule has 4 nitrogen and oxygen atoms in total. The van der Waals surface area contributed by atoms with Gasteiger partial charge in [-0.05, 0) is 31.4 Å². The summed E-state index contributed by atoms with van der Waals surface area (Å²) >= 11 is 1.39. The molecule has 20 heavy (non-hydrogen) atoms. The van der Waals surface area contributed by atoms with Crippen LogP contribution >= 0.6 is 11.8 Å². The van der Waals surface area contributed by atoms with E-state index < -0.39 is 0 Å². The van der Waals surface area contributed by atoms with E-state index in [4.69, 9.17) is 5.26 Å². The van der Waals surface area contributed by atoms with Gasteiger partial charge in [-0.3, -0.25) is 4.79 Å². The van der Waals surface area contributed by atoms with E-state index in [0.29, 0.717) is 27.5 Å². The van der Waals surface area contributed by atoms with Gasteiger partial charge in [-0.2, -0.15) is 5.26 Å². The second-order valence-electron chi connectivity index (χ2n) is 4.11. The smallest absolute Gasteiger partial charge is 0.257 e. The summed E-state index contributed by atoms with van der Waals surface area (Å²) in [6, 6.07) is 12.8. The Morgan fingerprint density at radius 2 is 2.05 bits per heavy atom. The van der Waals surface area contributed by atoms with Crippen LogP contribution in [0.15, 0.2) is 41.4 Å². The zero-order valence-corrected chi connectivity index (χ0v) is 12.0. The lowest BCUT2D eigenvalue weighted by atomic mass is 10.1. The molecule has 0 aliphatic rings. The van der Waals surface area contributed by atoms with Crippen LogP contribution in [0.4, 0.5) is 5.69 Å². The van der Waals surface area contributed by atoms with Crippen molar-refractivity contribution in [3.05, 3.63) is 53.2 Å². The molecule has 100 valence electrons. The summed E-state index contributed by atoms with van der Waals surface area (Å²) in [5.74, 6) is -0.259. The summed E-state index contributed by atoms with van der Waals surface area (Å²) in [5.41, 5.74) is 2.16. The van der Waals surface area contributed by atoms with Gasteiger partial charge in [-0.15, -0.1) is 11.8 Å². The fourth-order valence-corrected chi connectivity index (χ4v) is 2.32. The number of para-hydroxylation sites is 1. The van der Waals surface area contributed by atoms with E-state index in [1.54, 1.807) is 13.0 Å². The number of anilines is 1. The number of nitrogens with one attached hydrogen (secondary N) is 1. The minimum atomic E-state index is -0.259. The van der Waals surface area contributed by atoms with Crippen molar-refractivity contribution < 1.29 is 4.79 Å². The van der Waals surface area contributed by atoms with Gasteiger partial charge in [-0.1, -0.05) is 18.2 Å². The highest BCUT2D eigenvalue weighted by atomic mass is 32.2. The van der Waals surface area contributed by atoms with Crippen LogP contribution in [0.2, 0.25) is 0 Å². The van der Waals surface area contributed by atoms with Crippen molar-refractivity contribution >= 4 is 23.4 Å². The average Bonchev–Trinajstić information content (AvgIpc) is 2.47. The van der Waals surface area contributed by atoms with E-state index >= 15 is 0 Å². The van der Waals surface area contributed by atoms with Gasteiger partial charge in [-0.25, -0.2) is 4.98 Å². The van der Waals surface area contributed by atoms with Crippen molar-refractivity contribution in [2.45, 2.75) is 11.9 Å². The summed E-state index contributed by atoms with van der Waals surface area (Å²) in [6.45, 7) is 1.76. The molecule has 0 spiro atoms. The molecule has 0 bridgehead atoms. The first-order chi connectivity index (χ1) is 9.65. The molecule has 1 N–H and O–H groups in total. The third-order valence-electron chi connectivity index (χ3n) is 2.77. The molecule has 0 unspecified atom stereocenters. The summed E-state index contributed by atoms with van der Waals surface area (Å²) in [7, 11) is 0. The minimum absolute atomic E-state index is 0.259. The molecule has 0 saturated heterocycles. The van der Waals surface area contributed by atoms with Crippen molar-refractivity contribution in [1.29, 1.82) is 5.26 Å². The quantitative estimate of drug-likeness (QED) is 0.878. The monoisotopic (exact) mass is 283 g/mol. The van der Waals surface area contributed by atoms with Crippen LogP contribution < -0.4 is 5.32 Å². The molecule has 1 amide bonds. The molecule has 0 radical (unpaired) electrons. The normalized spacial score (nSPS) is 9.85. The van der Waals surface area contributed by atoms with Crippen LogP contribution in [0, 0.1) is 18.3 Å². The van der Waals surface area contributed by atoms with Crippen molar-refractivity contribution in [3.63, 3.8) is 0 Å². The number of carbonyl (C=O) groups excluding carboxylic acids is 1.